The van der Waals surface area contributed by atoms with Gasteiger partial charge in [-0.25, -0.2) is 23.5 Å². The van der Waals surface area contributed by atoms with Crippen molar-refractivity contribution >= 4 is 51.6 Å². The molecule has 0 radical (unpaired) electrons. The van der Waals surface area contributed by atoms with E-state index in [4.69, 9.17) is 0 Å². The van der Waals surface area contributed by atoms with Crippen LogP contribution in [0.2, 0.25) is 0 Å². The van der Waals surface area contributed by atoms with E-state index in [1.165, 1.54) is 33.3 Å². The van der Waals surface area contributed by atoms with Crippen LogP contribution in [0.15, 0.2) is 72.5 Å². The van der Waals surface area contributed by atoms with Gasteiger partial charge in [-0.05, 0) is 73.2 Å². The average molecular weight is 804 g/mol. The Morgan fingerprint density at radius 1 is 0.914 bits per heavy atom. The number of urea groups is 1. The SMILES string of the molecule is O=C1CCN(c2ccc(CN3C4CCC3CN(c3ccc(-c5cc(F)c6c(c5)C(=O)N(C(C(=O)Nc5nccs5)c5ncn7c5CCC7)C6)cc3)C4)c(F)c2)C(=O)N1. The van der Waals surface area contributed by atoms with E-state index in [0.29, 0.717) is 34.2 Å². The number of hydrogen-bond acceptors (Lipinski definition) is 9. The van der Waals surface area contributed by atoms with Gasteiger partial charge in [0.05, 0.1) is 18.6 Å². The smallest absolute Gasteiger partial charge is 0.328 e. The fraction of sp³-hybridized carbons (Fsp3) is 0.333. The van der Waals surface area contributed by atoms with Gasteiger partial charge in [-0.3, -0.25) is 34.8 Å². The van der Waals surface area contributed by atoms with Crippen LogP contribution in [0.4, 0.5) is 30.1 Å². The van der Waals surface area contributed by atoms with Crippen LogP contribution in [0.5, 0.6) is 0 Å². The molecule has 5 aliphatic rings. The first-order valence-corrected chi connectivity index (χ1v) is 20.4. The Hall–Kier alpha value is -6.00. The average Bonchev–Trinajstić information content (AvgIpc) is 4.06. The number of aryl methyl sites for hydroxylation is 1. The van der Waals surface area contributed by atoms with Gasteiger partial charge >= 0.3 is 6.03 Å². The predicted octanol–water partition coefficient (Wildman–Crippen LogP) is 5.87. The van der Waals surface area contributed by atoms with Gasteiger partial charge in [0.15, 0.2) is 11.2 Å². The zero-order valence-electron chi connectivity index (χ0n) is 31.4. The van der Waals surface area contributed by atoms with Crippen molar-refractivity contribution < 1.29 is 28.0 Å². The van der Waals surface area contributed by atoms with Crippen LogP contribution in [0, 0.1) is 11.6 Å². The van der Waals surface area contributed by atoms with Crippen molar-refractivity contribution in [1.29, 1.82) is 0 Å². The van der Waals surface area contributed by atoms with Gasteiger partial charge in [0.1, 0.15) is 11.6 Å². The molecule has 2 bridgehead atoms. The van der Waals surface area contributed by atoms with Crippen LogP contribution < -0.4 is 20.4 Å². The third-order valence-corrected chi connectivity index (χ3v) is 12.9. The van der Waals surface area contributed by atoms with Crippen LogP contribution in [0.25, 0.3) is 11.1 Å². The number of nitrogens with zero attached hydrogens (tertiary/aromatic N) is 7. The number of rotatable bonds is 9. The number of aromatic nitrogens is 3. The number of halogens is 2. The van der Waals surface area contributed by atoms with Crippen LogP contribution in [-0.4, -0.2) is 79.8 Å². The number of carbonyl (C=O) groups excluding carboxylic acids is 4. The molecule has 3 saturated heterocycles. The van der Waals surface area contributed by atoms with Crippen LogP contribution in [-0.2, 0) is 35.6 Å². The first-order valence-electron chi connectivity index (χ1n) is 19.6. The molecule has 58 heavy (non-hydrogen) atoms. The summed E-state index contributed by atoms with van der Waals surface area (Å²) in [4.78, 5) is 68.1. The quantitative estimate of drug-likeness (QED) is 0.189. The van der Waals surface area contributed by atoms with E-state index in [2.05, 4.69) is 30.4 Å². The van der Waals surface area contributed by atoms with E-state index in [-0.39, 0.29) is 54.4 Å². The van der Waals surface area contributed by atoms with Crippen molar-refractivity contribution in [2.75, 3.05) is 34.8 Å². The van der Waals surface area contributed by atoms with E-state index < -0.39 is 29.7 Å². The highest BCUT2D eigenvalue weighted by Gasteiger charge is 2.43. The summed E-state index contributed by atoms with van der Waals surface area (Å²) < 4.78 is 33.4. The number of amides is 5. The Bertz CT molecular complexity index is 2460. The maximum Gasteiger partial charge on any atom is 0.328 e. The molecule has 3 atom stereocenters. The molecule has 5 aromatic rings. The van der Waals surface area contributed by atoms with Gasteiger partial charge in [0.2, 0.25) is 5.91 Å². The van der Waals surface area contributed by atoms with Crippen molar-refractivity contribution in [1.82, 2.24) is 29.7 Å². The van der Waals surface area contributed by atoms with Gasteiger partial charge in [0, 0.05) is 96.6 Å². The maximum atomic E-state index is 16.0. The summed E-state index contributed by atoms with van der Waals surface area (Å²) in [5, 5.41) is 7.28. The summed E-state index contributed by atoms with van der Waals surface area (Å²) in [7, 11) is 0. The second-order valence-corrected chi connectivity index (χ2v) is 16.5. The minimum Gasteiger partial charge on any atom is -0.368 e. The molecule has 3 aromatic carbocycles. The van der Waals surface area contributed by atoms with Crippen molar-refractivity contribution in [3.8, 4) is 11.1 Å². The molecular weight excluding hydrogens is 765 g/mol. The Kier molecular flexibility index (Phi) is 9.04. The molecule has 7 heterocycles. The van der Waals surface area contributed by atoms with Gasteiger partial charge in [0.25, 0.3) is 11.8 Å². The largest absolute Gasteiger partial charge is 0.368 e. The van der Waals surface area contributed by atoms with Crippen molar-refractivity contribution in [3.63, 3.8) is 0 Å². The zero-order chi connectivity index (χ0) is 39.7. The second kappa shape index (κ2) is 14.4. The molecule has 3 fully saturated rings. The minimum absolute atomic E-state index is 0.0613. The molecule has 0 aliphatic carbocycles. The Morgan fingerprint density at radius 2 is 1.71 bits per heavy atom. The summed E-state index contributed by atoms with van der Waals surface area (Å²) in [6, 6.07) is 14.8. The van der Waals surface area contributed by atoms with Crippen LogP contribution >= 0.6 is 11.3 Å². The summed E-state index contributed by atoms with van der Waals surface area (Å²) in [5.41, 5.74) is 5.24. The maximum absolute atomic E-state index is 16.0. The zero-order valence-corrected chi connectivity index (χ0v) is 32.2. The topological polar surface area (TPSA) is 136 Å². The lowest BCUT2D eigenvalue weighted by atomic mass is 9.99. The number of fused-ring (bicyclic) bond motifs is 4. The first-order chi connectivity index (χ1) is 28.2. The van der Waals surface area contributed by atoms with Crippen LogP contribution in [0.3, 0.4) is 0 Å². The van der Waals surface area contributed by atoms with Gasteiger partial charge in [-0.2, -0.15) is 0 Å². The van der Waals surface area contributed by atoms with Gasteiger partial charge < -0.3 is 14.4 Å². The molecule has 5 aliphatic heterocycles. The highest BCUT2D eigenvalue weighted by atomic mass is 32.1. The highest BCUT2D eigenvalue weighted by molar-refractivity contribution is 7.13. The van der Waals surface area contributed by atoms with E-state index in [0.717, 1.165) is 62.3 Å². The number of thiazole rings is 1. The Labute approximate surface area is 336 Å². The van der Waals surface area contributed by atoms with E-state index >= 15 is 8.78 Å². The number of imide groups is 1. The molecule has 2 aromatic heterocycles. The van der Waals surface area contributed by atoms with Crippen molar-refractivity contribution in [2.24, 2.45) is 0 Å². The molecule has 5 amide bonds. The predicted molar refractivity (Wildman–Crippen MR) is 212 cm³/mol. The fourth-order valence-corrected chi connectivity index (χ4v) is 9.86. The minimum atomic E-state index is -1.06. The molecule has 0 saturated carbocycles. The monoisotopic (exact) mass is 803 g/mol. The number of anilines is 3. The number of carbonyl (C=O) groups is 4. The van der Waals surface area contributed by atoms with Gasteiger partial charge in [-0.15, -0.1) is 11.3 Å². The standard InChI is InChI=1S/C42H39F2N9O4S/c43-33-18-28(51-14-11-36(54)47-42(51)57)8-5-25(33)19-52-29-9-10-30(52)21-50(20-29)27-6-3-24(4-7-27)26-16-31-32(34(44)17-26)22-53(40(31)56)38(39(55)48-41-45-12-15-58-41)37-35-2-1-13-49(35)23-46-37/h3-8,12,15-18,23,29-30,38H,1-2,9-11,13-14,19-22H2,(H,45,48,55)(H,47,54,57). The highest BCUT2D eigenvalue weighted by Crippen LogP contribution is 2.39. The fourth-order valence-electron chi connectivity index (χ4n) is 9.33. The first kappa shape index (κ1) is 36.3. The molecule has 13 nitrogen and oxygen atoms in total. The number of benzene rings is 3. The third kappa shape index (κ3) is 6.40. The molecular formula is C42H39F2N9O4S. The summed E-state index contributed by atoms with van der Waals surface area (Å²) in [6.45, 7) is 2.94. The number of piperazine rings is 1. The molecule has 0 spiro atoms. The summed E-state index contributed by atoms with van der Waals surface area (Å²) in [6.07, 6.45) is 7.11. The van der Waals surface area contributed by atoms with Crippen LogP contribution in [0.1, 0.15) is 64.6 Å². The van der Waals surface area contributed by atoms with Crippen molar-refractivity contribution in [2.45, 2.75) is 69.9 Å². The lowest BCUT2D eigenvalue weighted by molar-refractivity contribution is -0.121. The Morgan fingerprint density at radius 3 is 2.45 bits per heavy atom. The normalized spacial score (nSPS) is 20.7. The second-order valence-electron chi connectivity index (χ2n) is 15.6. The van der Waals surface area contributed by atoms with Gasteiger partial charge in [-0.1, -0.05) is 18.2 Å². The number of hydrogen-bond donors (Lipinski definition) is 2. The van der Waals surface area contributed by atoms with Crippen molar-refractivity contribution in [3.05, 3.63) is 112 Å². The molecule has 16 heteroatoms. The van der Waals surface area contributed by atoms with E-state index in [1.807, 2.05) is 28.8 Å². The lowest BCUT2D eigenvalue weighted by Gasteiger charge is -2.42. The number of imidazole rings is 1. The van der Waals surface area contributed by atoms with E-state index in [9.17, 15) is 19.2 Å². The molecule has 296 valence electrons. The third-order valence-electron chi connectivity index (χ3n) is 12.2. The molecule has 2 N–H and O–H groups in total. The Balaban J connectivity index is 0.834. The molecule has 10 rings (SSSR count). The van der Waals surface area contributed by atoms with E-state index in [1.54, 1.807) is 36.1 Å². The lowest BCUT2D eigenvalue weighted by Crippen LogP contribution is -2.53. The molecule has 3 unspecified atom stereocenters. The summed E-state index contributed by atoms with van der Waals surface area (Å²) in [5.74, 6) is -2.09. The number of nitrogens with one attached hydrogen (secondary N) is 2. The summed E-state index contributed by atoms with van der Waals surface area (Å²) >= 11 is 1.27.